The van der Waals surface area contributed by atoms with Gasteiger partial charge < -0.3 is 5.32 Å². The lowest BCUT2D eigenvalue weighted by Gasteiger charge is -2.20. The lowest BCUT2D eigenvalue weighted by molar-refractivity contribution is -0.144. The highest BCUT2D eigenvalue weighted by atomic mass is 32.1. The molecule has 150 valence electrons. The smallest absolute Gasteiger partial charge is 0.325 e. The van der Waals surface area contributed by atoms with Gasteiger partial charge in [0.2, 0.25) is 5.91 Å². The Morgan fingerprint density at radius 3 is 2.66 bits per heavy atom. The number of amides is 5. The molecule has 0 bridgehead atoms. The Morgan fingerprint density at radius 2 is 1.97 bits per heavy atom. The third-order valence-corrected chi connectivity index (χ3v) is 5.91. The highest BCUT2D eigenvalue weighted by molar-refractivity contribution is 7.09. The van der Waals surface area contributed by atoms with E-state index in [2.05, 4.69) is 10.3 Å². The average Bonchev–Trinajstić information content (AvgIpc) is 3.41. The first-order valence-corrected chi connectivity index (χ1v) is 10.3. The molecular formula is C20H20N4O4S. The molecule has 4 rings (SSSR count). The van der Waals surface area contributed by atoms with Gasteiger partial charge in [-0.05, 0) is 31.9 Å². The van der Waals surface area contributed by atoms with Crippen LogP contribution in [-0.4, -0.2) is 51.1 Å². The summed E-state index contributed by atoms with van der Waals surface area (Å²) in [4.78, 5) is 55.7. The molecule has 1 N–H and O–H groups in total. The average molecular weight is 412 g/mol. The number of aromatic nitrogens is 1. The minimum Gasteiger partial charge on any atom is -0.325 e. The van der Waals surface area contributed by atoms with Crippen molar-refractivity contribution in [1.29, 1.82) is 0 Å². The van der Waals surface area contributed by atoms with Gasteiger partial charge in [-0.1, -0.05) is 25.0 Å². The zero-order chi connectivity index (χ0) is 20.5. The van der Waals surface area contributed by atoms with Gasteiger partial charge in [-0.2, -0.15) is 0 Å². The first-order chi connectivity index (χ1) is 13.9. The van der Waals surface area contributed by atoms with Crippen molar-refractivity contribution in [2.24, 2.45) is 0 Å². The van der Waals surface area contributed by atoms with E-state index < -0.39 is 30.3 Å². The summed E-state index contributed by atoms with van der Waals surface area (Å²) < 4.78 is 0. The third-order valence-electron chi connectivity index (χ3n) is 5.14. The Bertz CT molecular complexity index is 996. The maximum atomic E-state index is 12.6. The minimum atomic E-state index is -0.941. The number of aryl methyl sites for hydroxylation is 1. The first kappa shape index (κ1) is 19.3. The van der Waals surface area contributed by atoms with Crippen molar-refractivity contribution < 1.29 is 19.2 Å². The summed E-state index contributed by atoms with van der Waals surface area (Å²) in [5, 5.41) is 5.56. The molecule has 1 aliphatic carbocycles. The minimum absolute atomic E-state index is 0.245. The normalized spacial score (nSPS) is 17.5. The van der Waals surface area contributed by atoms with E-state index in [0.29, 0.717) is 18.5 Å². The molecule has 2 aliphatic rings. The van der Waals surface area contributed by atoms with Crippen molar-refractivity contribution in [3.05, 3.63) is 34.7 Å². The number of anilines is 1. The number of benzene rings is 1. The molecule has 0 atom stereocenters. The fourth-order valence-corrected chi connectivity index (χ4v) is 4.36. The largest absolute Gasteiger partial charge is 0.334 e. The molecular weight excluding hydrogens is 392 g/mol. The molecule has 1 saturated heterocycles. The Hall–Kier alpha value is -3.07. The summed E-state index contributed by atoms with van der Waals surface area (Å²) in [7, 11) is 0. The van der Waals surface area contributed by atoms with E-state index in [1.165, 1.54) is 11.3 Å². The molecule has 1 aromatic carbocycles. The number of nitrogens with zero attached hydrogens (tertiary/aromatic N) is 3. The van der Waals surface area contributed by atoms with Crippen LogP contribution >= 0.6 is 11.3 Å². The van der Waals surface area contributed by atoms with Crippen molar-refractivity contribution in [3.8, 4) is 11.3 Å². The van der Waals surface area contributed by atoms with Crippen LogP contribution in [0.1, 0.15) is 30.7 Å². The molecule has 1 aromatic heterocycles. The second-order valence-corrected chi connectivity index (χ2v) is 8.23. The molecule has 2 aromatic rings. The van der Waals surface area contributed by atoms with Crippen molar-refractivity contribution >= 4 is 40.8 Å². The molecule has 0 unspecified atom stereocenters. The number of hydrogen-bond acceptors (Lipinski definition) is 6. The van der Waals surface area contributed by atoms with Crippen LogP contribution in [0.3, 0.4) is 0 Å². The number of imide groups is 2. The summed E-state index contributed by atoms with van der Waals surface area (Å²) >= 11 is 1.53. The van der Waals surface area contributed by atoms with E-state index in [-0.39, 0.29) is 6.04 Å². The standard InChI is InChI=1S/C20H20N4O4S/c1-12-21-16(11-29-12)13-5-4-6-14(9-13)22-17(25)10-23-18(26)19(27)24(20(23)28)15-7-2-3-8-15/h4-6,9,11,15H,2-3,7-8,10H2,1H3,(H,22,25). The Morgan fingerprint density at radius 1 is 1.21 bits per heavy atom. The summed E-state index contributed by atoms with van der Waals surface area (Å²) in [6, 6.07) is 6.21. The van der Waals surface area contributed by atoms with Crippen molar-refractivity contribution in [1.82, 2.24) is 14.8 Å². The van der Waals surface area contributed by atoms with Gasteiger partial charge in [0.25, 0.3) is 0 Å². The van der Waals surface area contributed by atoms with Crippen LogP contribution in [0, 0.1) is 6.92 Å². The quantitative estimate of drug-likeness (QED) is 0.601. The molecule has 0 radical (unpaired) electrons. The topological polar surface area (TPSA) is 99.7 Å². The summed E-state index contributed by atoms with van der Waals surface area (Å²) in [6.07, 6.45) is 3.25. The van der Waals surface area contributed by atoms with Crippen molar-refractivity contribution in [2.75, 3.05) is 11.9 Å². The van der Waals surface area contributed by atoms with E-state index in [4.69, 9.17) is 0 Å². The Balaban J connectivity index is 1.44. The van der Waals surface area contributed by atoms with E-state index >= 15 is 0 Å². The predicted molar refractivity (Wildman–Crippen MR) is 107 cm³/mol. The number of rotatable bonds is 5. The van der Waals surface area contributed by atoms with E-state index in [9.17, 15) is 19.2 Å². The lowest BCUT2D eigenvalue weighted by atomic mass is 10.1. The monoisotopic (exact) mass is 412 g/mol. The summed E-state index contributed by atoms with van der Waals surface area (Å²) in [6.45, 7) is 1.42. The summed E-state index contributed by atoms with van der Waals surface area (Å²) in [5.41, 5.74) is 2.19. The van der Waals surface area contributed by atoms with Gasteiger partial charge in [0, 0.05) is 22.7 Å². The molecule has 5 amide bonds. The molecule has 0 spiro atoms. The van der Waals surface area contributed by atoms with Gasteiger partial charge in [-0.25, -0.2) is 14.7 Å². The number of hydrogen-bond donors (Lipinski definition) is 1. The fraction of sp³-hybridized carbons (Fsp3) is 0.350. The summed E-state index contributed by atoms with van der Waals surface area (Å²) in [5.74, 6) is -2.32. The van der Waals surface area contributed by atoms with Gasteiger partial charge in [0.05, 0.1) is 10.7 Å². The lowest BCUT2D eigenvalue weighted by Crippen LogP contribution is -2.41. The number of nitrogens with one attached hydrogen (secondary N) is 1. The highest BCUT2D eigenvalue weighted by Gasteiger charge is 2.48. The molecule has 2 heterocycles. The van der Waals surface area contributed by atoms with Crippen LogP contribution in [0.2, 0.25) is 0 Å². The maximum absolute atomic E-state index is 12.6. The van der Waals surface area contributed by atoms with Crippen LogP contribution in [0.5, 0.6) is 0 Å². The molecule has 29 heavy (non-hydrogen) atoms. The van der Waals surface area contributed by atoms with Gasteiger partial charge >= 0.3 is 17.8 Å². The maximum Gasteiger partial charge on any atom is 0.334 e. The molecule has 1 saturated carbocycles. The SMILES string of the molecule is Cc1nc(-c2cccc(NC(=O)CN3C(=O)C(=O)N(C4CCCC4)C3=O)c2)cs1. The van der Waals surface area contributed by atoms with E-state index in [1.54, 1.807) is 18.2 Å². The molecule has 2 fully saturated rings. The first-order valence-electron chi connectivity index (χ1n) is 9.45. The molecule has 1 aliphatic heterocycles. The van der Waals surface area contributed by atoms with Crippen LogP contribution in [-0.2, 0) is 14.4 Å². The number of carbonyl (C=O) groups is 4. The van der Waals surface area contributed by atoms with Crippen molar-refractivity contribution in [2.45, 2.75) is 38.6 Å². The third kappa shape index (κ3) is 3.77. The highest BCUT2D eigenvalue weighted by Crippen LogP contribution is 2.28. The second kappa shape index (κ2) is 7.75. The van der Waals surface area contributed by atoms with Crippen LogP contribution in [0.4, 0.5) is 10.5 Å². The van der Waals surface area contributed by atoms with E-state index in [1.807, 2.05) is 18.4 Å². The van der Waals surface area contributed by atoms with Crippen LogP contribution < -0.4 is 5.32 Å². The zero-order valence-electron chi connectivity index (χ0n) is 15.9. The van der Waals surface area contributed by atoms with E-state index in [0.717, 1.165) is 38.9 Å². The Kier molecular flexibility index (Phi) is 5.14. The number of carbonyl (C=O) groups excluding carboxylic acids is 4. The second-order valence-electron chi connectivity index (χ2n) is 7.17. The van der Waals surface area contributed by atoms with Gasteiger partial charge in [-0.15, -0.1) is 11.3 Å². The molecule has 8 nitrogen and oxygen atoms in total. The Labute approximate surface area is 171 Å². The van der Waals surface area contributed by atoms with Gasteiger partial charge in [0.1, 0.15) is 6.54 Å². The van der Waals surface area contributed by atoms with Gasteiger partial charge in [0.15, 0.2) is 0 Å². The number of thiazole rings is 1. The fourth-order valence-electron chi connectivity index (χ4n) is 3.74. The zero-order valence-corrected chi connectivity index (χ0v) is 16.7. The van der Waals surface area contributed by atoms with Crippen LogP contribution in [0.15, 0.2) is 29.6 Å². The van der Waals surface area contributed by atoms with Gasteiger partial charge in [-0.3, -0.25) is 19.3 Å². The predicted octanol–water partition coefficient (Wildman–Crippen LogP) is 2.79. The number of urea groups is 1. The van der Waals surface area contributed by atoms with Crippen molar-refractivity contribution in [3.63, 3.8) is 0 Å². The van der Waals surface area contributed by atoms with Crippen LogP contribution in [0.25, 0.3) is 11.3 Å². The molecule has 9 heteroatoms.